The monoisotopic (exact) mass is 283 g/mol. The van der Waals surface area contributed by atoms with Gasteiger partial charge in [-0.1, -0.05) is 27.7 Å². The third-order valence-electron chi connectivity index (χ3n) is 4.88. The van der Waals surface area contributed by atoms with E-state index in [9.17, 15) is 4.79 Å². The molecule has 3 heteroatoms. The number of rotatable bonds is 6. The largest absolute Gasteiger partial charge is 0.383 e. The van der Waals surface area contributed by atoms with Crippen molar-refractivity contribution in [2.45, 2.75) is 59.9 Å². The lowest BCUT2D eigenvalue weighted by molar-refractivity contribution is -0.127. The Morgan fingerprint density at radius 3 is 2.55 bits per heavy atom. The van der Waals surface area contributed by atoms with Gasteiger partial charge in [-0.25, -0.2) is 0 Å². The van der Waals surface area contributed by atoms with Crippen LogP contribution >= 0.6 is 0 Å². The highest BCUT2D eigenvalue weighted by atomic mass is 16.5. The summed E-state index contributed by atoms with van der Waals surface area (Å²) in [5.74, 6) is 1.35. The van der Waals surface area contributed by atoms with Gasteiger partial charge in [0.15, 0.2) is 0 Å². The molecule has 0 aromatic heterocycles. The van der Waals surface area contributed by atoms with E-state index in [0.717, 1.165) is 39.0 Å². The van der Waals surface area contributed by atoms with Gasteiger partial charge in [-0.2, -0.15) is 0 Å². The van der Waals surface area contributed by atoms with Crippen molar-refractivity contribution in [3.8, 4) is 0 Å². The van der Waals surface area contributed by atoms with Gasteiger partial charge in [0.2, 0.25) is 0 Å². The average Bonchev–Trinajstić information content (AvgIpc) is 2.36. The summed E-state index contributed by atoms with van der Waals surface area (Å²) in [6.07, 6.45) is 2.89. The molecule has 0 bridgehead atoms. The summed E-state index contributed by atoms with van der Waals surface area (Å²) in [6.45, 7) is 13.9. The van der Waals surface area contributed by atoms with Crippen LogP contribution in [0.4, 0.5) is 0 Å². The molecule has 0 saturated heterocycles. The maximum Gasteiger partial charge on any atom is 0.137 e. The molecule has 0 N–H and O–H groups in total. The van der Waals surface area contributed by atoms with Crippen LogP contribution < -0.4 is 0 Å². The van der Waals surface area contributed by atoms with E-state index in [2.05, 4.69) is 39.5 Å². The smallest absolute Gasteiger partial charge is 0.137 e. The van der Waals surface area contributed by atoms with Gasteiger partial charge in [0.1, 0.15) is 5.78 Å². The Balaban J connectivity index is 2.65. The van der Waals surface area contributed by atoms with Crippen LogP contribution in [0, 0.1) is 17.3 Å². The lowest BCUT2D eigenvalue weighted by atomic mass is 9.68. The molecule has 0 amide bonds. The summed E-state index contributed by atoms with van der Waals surface area (Å²) >= 11 is 0. The zero-order valence-corrected chi connectivity index (χ0v) is 14.2. The lowest BCUT2D eigenvalue weighted by Crippen LogP contribution is -2.44. The van der Waals surface area contributed by atoms with E-state index in [0.29, 0.717) is 23.2 Å². The highest BCUT2D eigenvalue weighted by Gasteiger charge is 2.35. The molecule has 1 rings (SSSR count). The van der Waals surface area contributed by atoms with Crippen molar-refractivity contribution in [1.29, 1.82) is 0 Å². The fourth-order valence-electron chi connectivity index (χ4n) is 3.33. The number of carbonyl (C=O) groups is 1. The zero-order chi connectivity index (χ0) is 15.3. The number of ketones is 1. The summed E-state index contributed by atoms with van der Waals surface area (Å²) in [4.78, 5) is 14.6. The molecule has 3 nitrogen and oxygen atoms in total. The standard InChI is InChI=1S/C17H33NO2/c1-7-18(13(2)12-20-6)11-14-10-15(17(3,4)5)8-9-16(14)19/h13-15H,7-12H2,1-6H3. The molecular weight excluding hydrogens is 250 g/mol. The van der Waals surface area contributed by atoms with Gasteiger partial charge in [0.05, 0.1) is 6.61 Å². The van der Waals surface area contributed by atoms with Crippen LogP contribution in [0.1, 0.15) is 53.9 Å². The number of ether oxygens (including phenoxy) is 1. The Hall–Kier alpha value is -0.410. The summed E-state index contributed by atoms with van der Waals surface area (Å²) in [5.41, 5.74) is 0.314. The van der Waals surface area contributed by atoms with E-state index >= 15 is 0 Å². The van der Waals surface area contributed by atoms with Crippen molar-refractivity contribution in [2.24, 2.45) is 17.3 Å². The Morgan fingerprint density at radius 1 is 1.40 bits per heavy atom. The maximum atomic E-state index is 12.2. The fourth-order valence-corrected chi connectivity index (χ4v) is 3.33. The van der Waals surface area contributed by atoms with E-state index in [4.69, 9.17) is 4.74 Å². The number of likely N-dealkylation sites (N-methyl/N-ethyl adjacent to an activating group) is 1. The Kier molecular flexibility index (Phi) is 6.67. The van der Waals surface area contributed by atoms with Crippen LogP contribution in [0.25, 0.3) is 0 Å². The lowest BCUT2D eigenvalue weighted by Gasteiger charge is -2.39. The minimum absolute atomic E-state index is 0.215. The minimum atomic E-state index is 0.215. The minimum Gasteiger partial charge on any atom is -0.383 e. The van der Waals surface area contributed by atoms with Crippen molar-refractivity contribution < 1.29 is 9.53 Å². The molecule has 0 heterocycles. The van der Waals surface area contributed by atoms with Crippen LogP contribution in [-0.2, 0) is 9.53 Å². The normalized spacial score (nSPS) is 26.1. The topological polar surface area (TPSA) is 29.5 Å². The number of nitrogens with zero attached hydrogens (tertiary/aromatic N) is 1. The third-order valence-corrected chi connectivity index (χ3v) is 4.88. The van der Waals surface area contributed by atoms with Gasteiger partial charge in [-0.15, -0.1) is 0 Å². The van der Waals surface area contributed by atoms with Gasteiger partial charge < -0.3 is 4.74 Å². The van der Waals surface area contributed by atoms with Gasteiger partial charge in [0.25, 0.3) is 0 Å². The predicted molar refractivity (Wildman–Crippen MR) is 83.9 cm³/mol. The van der Waals surface area contributed by atoms with Crippen molar-refractivity contribution in [3.63, 3.8) is 0 Å². The molecule has 1 saturated carbocycles. The molecule has 0 spiro atoms. The highest BCUT2D eigenvalue weighted by Crippen LogP contribution is 2.39. The van der Waals surface area contributed by atoms with Crippen LogP contribution in [0.5, 0.6) is 0 Å². The first kappa shape index (κ1) is 17.6. The van der Waals surface area contributed by atoms with E-state index in [-0.39, 0.29) is 5.92 Å². The molecule has 3 unspecified atom stereocenters. The van der Waals surface area contributed by atoms with E-state index < -0.39 is 0 Å². The Morgan fingerprint density at radius 2 is 2.05 bits per heavy atom. The van der Waals surface area contributed by atoms with Crippen LogP contribution in [0.15, 0.2) is 0 Å². The van der Waals surface area contributed by atoms with E-state index in [1.54, 1.807) is 7.11 Å². The SMILES string of the molecule is CCN(CC1CC(C(C)(C)C)CCC1=O)C(C)COC. The second-order valence-corrected chi connectivity index (χ2v) is 7.39. The van der Waals surface area contributed by atoms with Gasteiger partial charge in [0, 0.05) is 32.0 Å². The van der Waals surface area contributed by atoms with E-state index in [1.165, 1.54) is 0 Å². The first-order chi connectivity index (χ1) is 9.29. The van der Waals surface area contributed by atoms with Crippen molar-refractivity contribution >= 4 is 5.78 Å². The summed E-state index contributed by atoms with van der Waals surface area (Å²) in [7, 11) is 1.74. The Labute approximate surface area is 125 Å². The van der Waals surface area contributed by atoms with Crippen LogP contribution in [0.2, 0.25) is 0 Å². The van der Waals surface area contributed by atoms with Crippen molar-refractivity contribution in [3.05, 3.63) is 0 Å². The fraction of sp³-hybridized carbons (Fsp3) is 0.941. The van der Waals surface area contributed by atoms with Crippen molar-refractivity contribution in [1.82, 2.24) is 4.90 Å². The summed E-state index contributed by atoms with van der Waals surface area (Å²) in [5, 5.41) is 0. The molecule has 1 fully saturated rings. The molecule has 0 radical (unpaired) electrons. The molecule has 0 aromatic carbocycles. The summed E-state index contributed by atoms with van der Waals surface area (Å²) < 4.78 is 5.25. The second kappa shape index (κ2) is 7.56. The number of methoxy groups -OCH3 is 1. The molecule has 1 aliphatic rings. The molecule has 20 heavy (non-hydrogen) atoms. The first-order valence-electron chi connectivity index (χ1n) is 8.05. The first-order valence-corrected chi connectivity index (χ1v) is 8.05. The van der Waals surface area contributed by atoms with Gasteiger partial charge in [-0.05, 0) is 37.6 Å². The number of hydrogen-bond acceptors (Lipinski definition) is 3. The molecule has 0 aliphatic heterocycles. The average molecular weight is 283 g/mol. The summed E-state index contributed by atoms with van der Waals surface area (Å²) in [6, 6.07) is 0.382. The van der Waals surface area contributed by atoms with Gasteiger partial charge in [-0.3, -0.25) is 9.69 Å². The van der Waals surface area contributed by atoms with Crippen LogP contribution in [-0.4, -0.2) is 43.5 Å². The molecule has 3 atom stereocenters. The van der Waals surface area contributed by atoms with Crippen LogP contribution in [0.3, 0.4) is 0 Å². The van der Waals surface area contributed by atoms with E-state index in [1.807, 2.05) is 0 Å². The maximum absolute atomic E-state index is 12.2. The van der Waals surface area contributed by atoms with Crippen molar-refractivity contribution in [2.75, 3.05) is 26.8 Å². The number of carbonyl (C=O) groups excluding carboxylic acids is 1. The van der Waals surface area contributed by atoms with Gasteiger partial charge >= 0.3 is 0 Å². The Bertz CT molecular complexity index is 309. The predicted octanol–water partition coefficient (Wildman–Crippen LogP) is 3.37. The highest BCUT2D eigenvalue weighted by molar-refractivity contribution is 5.82. The zero-order valence-electron chi connectivity index (χ0n) is 14.2. The number of Topliss-reactive ketones (excluding diaryl/α,β-unsaturated/α-hetero) is 1. The molecular formula is C17H33NO2. The molecule has 1 aliphatic carbocycles. The second-order valence-electron chi connectivity index (χ2n) is 7.39. The third kappa shape index (κ3) is 4.85. The molecule has 0 aromatic rings. The molecule has 118 valence electrons. The number of hydrogen-bond donors (Lipinski definition) is 0. The quantitative estimate of drug-likeness (QED) is 0.748.